The largest absolute Gasteiger partial charge is 0.394 e. The highest BCUT2D eigenvalue weighted by atomic mass is 79.9. The molecule has 1 fully saturated rings. The molecule has 0 aromatic carbocycles. The Morgan fingerprint density at radius 2 is 2.39 bits per heavy atom. The maximum atomic E-state index is 11.9. The van der Waals surface area contributed by atoms with E-state index in [0.29, 0.717) is 16.4 Å². The van der Waals surface area contributed by atoms with Crippen molar-refractivity contribution in [2.24, 2.45) is 5.92 Å². The zero-order valence-corrected chi connectivity index (χ0v) is 12.0. The van der Waals surface area contributed by atoms with E-state index in [-0.39, 0.29) is 18.7 Å². The summed E-state index contributed by atoms with van der Waals surface area (Å²) < 4.78 is 1.74. The van der Waals surface area contributed by atoms with Crippen LogP contribution >= 0.6 is 15.9 Å². The Kier molecular flexibility index (Phi) is 4.40. The Balaban J connectivity index is 2.13. The zero-order chi connectivity index (χ0) is 13.1. The molecule has 1 aliphatic carbocycles. The minimum Gasteiger partial charge on any atom is -0.394 e. The second-order valence-corrected chi connectivity index (χ2v) is 5.54. The summed E-state index contributed by atoms with van der Waals surface area (Å²) in [6, 6.07) is 0.352. The van der Waals surface area contributed by atoms with Gasteiger partial charge in [-0.05, 0) is 41.6 Å². The molecule has 0 spiro atoms. The quantitative estimate of drug-likeness (QED) is 0.866. The van der Waals surface area contributed by atoms with Gasteiger partial charge in [0.1, 0.15) is 4.47 Å². The summed E-state index contributed by atoms with van der Waals surface area (Å²) in [5, 5.41) is 16.2. The van der Waals surface area contributed by atoms with Crippen LogP contribution in [0.2, 0.25) is 0 Å². The molecule has 0 radical (unpaired) electrons. The maximum absolute atomic E-state index is 11.9. The number of aliphatic hydroxyl groups is 1. The van der Waals surface area contributed by atoms with Gasteiger partial charge in [-0.1, -0.05) is 6.42 Å². The van der Waals surface area contributed by atoms with Crippen molar-refractivity contribution >= 4 is 21.6 Å². The van der Waals surface area contributed by atoms with Crippen LogP contribution in [0.4, 0.5) is 5.69 Å². The van der Waals surface area contributed by atoms with Gasteiger partial charge in [-0.15, -0.1) is 0 Å². The van der Waals surface area contributed by atoms with Crippen molar-refractivity contribution in [2.75, 3.05) is 11.9 Å². The fourth-order valence-electron chi connectivity index (χ4n) is 2.12. The van der Waals surface area contributed by atoms with E-state index in [1.54, 1.807) is 6.20 Å². The van der Waals surface area contributed by atoms with Crippen molar-refractivity contribution in [1.29, 1.82) is 0 Å². The van der Waals surface area contributed by atoms with Gasteiger partial charge in [0, 0.05) is 6.04 Å². The summed E-state index contributed by atoms with van der Waals surface area (Å²) in [4.78, 5) is 11.9. The minimum atomic E-state index is -0.213. The average Bonchev–Trinajstić information content (AvgIpc) is 2.26. The van der Waals surface area contributed by atoms with E-state index < -0.39 is 0 Å². The van der Waals surface area contributed by atoms with Gasteiger partial charge < -0.3 is 10.4 Å². The van der Waals surface area contributed by atoms with Crippen molar-refractivity contribution < 1.29 is 5.11 Å². The molecular weight excluding hydrogens is 298 g/mol. The van der Waals surface area contributed by atoms with Crippen LogP contribution in [0.15, 0.2) is 15.5 Å². The Labute approximate surface area is 114 Å². The molecule has 1 aromatic rings. The molecule has 0 aliphatic heterocycles. The van der Waals surface area contributed by atoms with Crippen LogP contribution in [0.25, 0.3) is 0 Å². The Bertz CT molecular complexity index is 471. The van der Waals surface area contributed by atoms with Crippen LogP contribution in [0.3, 0.4) is 0 Å². The first kappa shape index (κ1) is 13.5. The number of nitrogens with zero attached hydrogens (tertiary/aromatic N) is 2. The van der Waals surface area contributed by atoms with Gasteiger partial charge in [-0.25, -0.2) is 4.68 Å². The van der Waals surface area contributed by atoms with Crippen LogP contribution in [0.5, 0.6) is 0 Å². The number of hydrogen-bond donors (Lipinski definition) is 2. The average molecular weight is 316 g/mol. The van der Waals surface area contributed by atoms with E-state index >= 15 is 0 Å². The number of anilines is 1. The summed E-state index contributed by atoms with van der Waals surface area (Å²) in [6.07, 6.45) is 5.44. The van der Waals surface area contributed by atoms with Gasteiger partial charge in [0.05, 0.1) is 25.0 Å². The van der Waals surface area contributed by atoms with Crippen molar-refractivity contribution in [3.05, 3.63) is 21.0 Å². The second kappa shape index (κ2) is 5.84. The molecule has 1 atom stereocenters. The third-order valence-electron chi connectivity index (χ3n) is 3.54. The number of hydrogen-bond acceptors (Lipinski definition) is 4. The summed E-state index contributed by atoms with van der Waals surface area (Å²) in [5.74, 6) is 0.691. The lowest BCUT2D eigenvalue weighted by Gasteiger charge is -2.32. The van der Waals surface area contributed by atoms with Crippen molar-refractivity contribution in [3.63, 3.8) is 0 Å². The third kappa shape index (κ3) is 2.75. The van der Waals surface area contributed by atoms with Gasteiger partial charge >= 0.3 is 0 Å². The van der Waals surface area contributed by atoms with Crippen molar-refractivity contribution in [3.8, 4) is 0 Å². The molecule has 1 aliphatic rings. The number of nitrogens with one attached hydrogen (secondary N) is 1. The van der Waals surface area contributed by atoms with Crippen molar-refractivity contribution in [1.82, 2.24) is 9.78 Å². The molecule has 6 heteroatoms. The zero-order valence-electron chi connectivity index (χ0n) is 10.4. The van der Waals surface area contributed by atoms with Gasteiger partial charge in [0.15, 0.2) is 0 Å². The van der Waals surface area contributed by atoms with Crippen LogP contribution in [0, 0.1) is 5.92 Å². The lowest BCUT2D eigenvalue weighted by Crippen LogP contribution is -2.32. The van der Waals surface area contributed by atoms with E-state index in [1.165, 1.54) is 23.9 Å². The minimum absolute atomic E-state index is 0.0927. The summed E-state index contributed by atoms with van der Waals surface area (Å²) in [7, 11) is 0. The fourth-order valence-corrected chi connectivity index (χ4v) is 2.54. The highest BCUT2D eigenvalue weighted by Gasteiger charge is 2.24. The van der Waals surface area contributed by atoms with Crippen LogP contribution in [-0.2, 0) is 6.54 Å². The smallest absolute Gasteiger partial charge is 0.283 e. The molecule has 1 aromatic heterocycles. The number of aliphatic hydroxyl groups excluding tert-OH is 1. The first-order valence-corrected chi connectivity index (χ1v) is 7.05. The Morgan fingerprint density at radius 1 is 1.67 bits per heavy atom. The fraction of sp³-hybridized carbons (Fsp3) is 0.667. The summed E-state index contributed by atoms with van der Waals surface area (Å²) in [6.45, 7) is 2.26. The van der Waals surface area contributed by atoms with Crippen LogP contribution < -0.4 is 10.9 Å². The van der Waals surface area contributed by atoms with Gasteiger partial charge in [0.25, 0.3) is 5.56 Å². The van der Waals surface area contributed by atoms with Gasteiger partial charge in [-0.2, -0.15) is 5.10 Å². The lowest BCUT2D eigenvalue weighted by atomic mass is 9.80. The highest BCUT2D eigenvalue weighted by Crippen LogP contribution is 2.31. The van der Waals surface area contributed by atoms with E-state index in [0.717, 1.165) is 5.69 Å². The molecule has 2 rings (SSSR count). The maximum Gasteiger partial charge on any atom is 0.283 e. The predicted octanol–water partition coefficient (Wildman–Crippen LogP) is 1.60. The molecule has 1 heterocycles. The first-order valence-electron chi connectivity index (χ1n) is 6.26. The molecule has 0 saturated heterocycles. The van der Waals surface area contributed by atoms with Gasteiger partial charge in [-0.3, -0.25) is 4.79 Å². The second-order valence-electron chi connectivity index (χ2n) is 4.75. The lowest BCUT2D eigenvalue weighted by molar-refractivity contribution is 0.266. The van der Waals surface area contributed by atoms with E-state index in [9.17, 15) is 4.79 Å². The number of aromatic nitrogens is 2. The third-order valence-corrected chi connectivity index (χ3v) is 4.30. The number of halogens is 1. The molecular formula is C12H18BrN3O2. The molecule has 100 valence electrons. The number of rotatable bonds is 5. The molecule has 18 heavy (non-hydrogen) atoms. The molecule has 1 saturated carbocycles. The highest BCUT2D eigenvalue weighted by molar-refractivity contribution is 9.10. The van der Waals surface area contributed by atoms with Crippen molar-refractivity contribution in [2.45, 2.75) is 38.8 Å². The first-order chi connectivity index (χ1) is 8.63. The predicted molar refractivity (Wildman–Crippen MR) is 73.7 cm³/mol. The van der Waals surface area contributed by atoms with E-state index in [4.69, 9.17) is 5.11 Å². The van der Waals surface area contributed by atoms with E-state index in [2.05, 4.69) is 33.3 Å². The molecule has 1 unspecified atom stereocenters. The van der Waals surface area contributed by atoms with E-state index in [1.807, 2.05) is 0 Å². The summed E-state index contributed by atoms with van der Waals surface area (Å²) >= 11 is 3.30. The van der Waals surface area contributed by atoms with Gasteiger partial charge in [0.2, 0.25) is 0 Å². The normalized spacial score (nSPS) is 17.3. The molecule has 5 nitrogen and oxygen atoms in total. The topological polar surface area (TPSA) is 67.2 Å². The Hall–Kier alpha value is -0.880. The molecule has 2 N–H and O–H groups in total. The Morgan fingerprint density at radius 3 is 2.94 bits per heavy atom. The standard InChI is InChI=1S/C12H18BrN3O2/c1-8(9-3-2-4-9)15-10-7-14-16(5-6-17)12(18)11(10)13/h7-9,15,17H,2-6H2,1H3. The van der Waals surface area contributed by atoms with Crippen LogP contribution in [-0.4, -0.2) is 27.5 Å². The molecule has 0 bridgehead atoms. The van der Waals surface area contributed by atoms with Crippen LogP contribution in [0.1, 0.15) is 26.2 Å². The monoisotopic (exact) mass is 315 g/mol. The SMILES string of the molecule is CC(Nc1cnn(CCO)c(=O)c1Br)C1CCC1. The molecule has 0 amide bonds. The summed E-state index contributed by atoms with van der Waals surface area (Å²) in [5.41, 5.74) is 0.517.